The Morgan fingerprint density at radius 2 is 2.25 bits per heavy atom. The van der Waals surface area contributed by atoms with Crippen molar-refractivity contribution in [1.29, 1.82) is 0 Å². The molecule has 0 aliphatic rings. The maximum Gasteiger partial charge on any atom is 0.177 e. The van der Waals surface area contributed by atoms with Gasteiger partial charge in [-0.05, 0) is 11.4 Å². The number of nitrogen functional groups attached to an aromatic ring is 1. The van der Waals surface area contributed by atoms with Crippen LogP contribution in [-0.4, -0.2) is 12.9 Å². The second-order valence-corrected chi connectivity index (χ2v) is 6.71. The number of anilines is 2. The largest absolute Gasteiger partial charge is 0.492 e. The predicted octanol–water partition coefficient (Wildman–Crippen LogP) is 3.85. The van der Waals surface area contributed by atoms with Crippen LogP contribution >= 0.6 is 22.7 Å². The van der Waals surface area contributed by atoms with Crippen LogP contribution in [0.4, 0.5) is 10.7 Å². The van der Waals surface area contributed by atoms with Crippen molar-refractivity contribution in [2.75, 3.05) is 18.2 Å². The van der Waals surface area contributed by atoms with E-state index in [1.165, 1.54) is 16.2 Å². The van der Waals surface area contributed by atoms with Crippen molar-refractivity contribution in [2.45, 2.75) is 20.4 Å². The molecule has 2 heterocycles. The fourth-order valence-electron chi connectivity index (χ4n) is 1.77. The van der Waals surface area contributed by atoms with E-state index >= 15 is 0 Å². The van der Waals surface area contributed by atoms with Gasteiger partial charge in [-0.15, -0.1) is 22.7 Å². The fourth-order valence-corrected chi connectivity index (χ4v) is 3.59. The van der Waals surface area contributed by atoms with Crippen LogP contribution in [0.25, 0.3) is 0 Å². The molecular weight excluding hydrogens is 292 g/mol. The van der Waals surface area contributed by atoms with Gasteiger partial charge in [-0.3, -0.25) is 4.79 Å². The van der Waals surface area contributed by atoms with Gasteiger partial charge in [0.15, 0.2) is 11.5 Å². The molecule has 0 bridgehead atoms. The third-order valence-electron chi connectivity index (χ3n) is 2.86. The number of methoxy groups -OCH3 is 1. The minimum absolute atomic E-state index is 0.0509. The average molecular weight is 310 g/mol. The fraction of sp³-hybridized carbons (Fsp3) is 0.357. The van der Waals surface area contributed by atoms with E-state index in [-0.39, 0.29) is 11.7 Å². The van der Waals surface area contributed by atoms with E-state index in [4.69, 9.17) is 10.5 Å². The van der Waals surface area contributed by atoms with Gasteiger partial charge >= 0.3 is 0 Å². The minimum atomic E-state index is -0.0780. The van der Waals surface area contributed by atoms with Crippen molar-refractivity contribution >= 4 is 39.1 Å². The highest BCUT2D eigenvalue weighted by molar-refractivity contribution is 7.19. The lowest BCUT2D eigenvalue weighted by Crippen LogP contribution is -2.07. The molecule has 0 atom stereocenters. The topological polar surface area (TPSA) is 64.3 Å². The summed E-state index contributed by atoms with van der Waals surface area (Å²) < 4.78 is 5.33. The van der Waals surface area contributed by atoms with E-state index < -0.39 is 0 Å². The average Bonchev–Trinajstić information content (AvgIpc) is 3.03. The van der Waals surface area contributed by atoms with Crippen LogP contribution in [0.15, 0.2) is 17.5 Å². The molecule has 0 saturated heterocycles. The summed E-state index contributed by atoms with van der Waals surface area (Å²) in [4.78, 5) is 13.9. The van der Waals surface area contributed by atoms with E-state index in [1.807, 2.05) is 25.3 Å². The summed E-state index contributed by atoms with van der Waals surface area (Å²) in [7, 11) is 1.57. The summed E-state index contributed by atoms with van der Waals surface area (Å²) in [5.41, 5.74) is 6.46. The summed E-state index contributed by atoms with van der Waals surface area (Å²) in [6.07, 6.45) is 0. The Kier molecular flexibility index (Phi) is 4.67. The smallest absolute Gasteiger partial charge is 0.177 e. The predicted molar refractivity (Wildman–Crippen MR) is 86.1 cm³/mol. The number of carbonyl (C=O) groups is 1. The summed E-state index contributed by atoms with van der Waals surface area (Å²) in [5.74, 6) is 0.538. The van der Waals surface area contributed by atoms with Gasteiger partial charge in [-0.2, -0.15) is 0 Å². The van der Waals surface area contributed by atoms with E-state index in [1.54, 1.807) is 18.4 Å². The highest BCUT2D eigenvalue weighted by Gasteiger charge is 2.23. The van der Waals surface area contributed by atoms with Crippen LogP contribution in [0.3, 0.4) is 0 Å². The molecule has 0 spiro atoms. The third kappa shape index (κ3) is 2.96. The Bertz CT molecular complexity index is 589. The molecule has 4 nitrogen and oxygen atoms in total. The van der Waals surface area contributed by atoms with Gasteiger partial charge in [0.25, 0.3) is 0 Å². The molecule has 108 valence electrons. The molecule has 0 amide bonds. The maximum absolute atomic E-state index is 12.1. The van der Waals surface area contributed by atoms with Crippen LogP contribution in [0.5, 0.6) is 5.75 Å². The monoisotopic (exact) mass is 310 g/mol. The Balaban J connectivity index is 2.24. The first-order valence-electron chi connectivity index (χ1n) is 6.31. The minimum Gasteiger partial charge on any atom is -0.492 e. The van der Waals surface area contributed by atoms with Crippen molar-refractivity contribution in [3.05, 3.63) is 27.3 Å². The standard InChI is InChI=1S/C14H18N2O2S2/c1-8(2)11(17)13-10(15)12(18-3)14(20-13)16-7-9-5-4-6-19-9/h4-6,8,16H,7,15H2,1-3H3. The van der Waals surface area contributed by atoms with Gasteiger partial charge in [0.1, 0.15) is 5.00 Å². The molecule has 0 aliphatic carbocycles. The van der Waals surface area contributed by atoms with E-state index in [9.17, 15) is 4.79 Å². The molecule has 3 N–H and O–H groups in total. The first-order valence-corrected chi connectivity index (χ1v) is 8.01. The first kappa shape index (κ1) is 14.9. The number of thiophene rings is 2. The highest BCUT2D eigenvalue weighted by atomic mass is 32.1. The molecule has 0 saturated carbocycles. The molecule has 0 fully saturated rings. The lowest BCUT2D eigenvalue weighted by Gasteiger charge is -2.05. The van der Waals surface area contributed by atoms with Gasteiger partial charge in [0, 0.05) is 10.8 Å². The molecule has 0 aliphatic heterocycles. The van der Waals surface area contributed by atoms with Gasteiger partial charge in [-0.25, -0.2) is 0 Å². The SMILES string of the molecule is COc1c(NCc2cccs2)sc(C(=O)C(C)C)c1N. The summed E-state index contributed by atoms with van der Waals surface area (Å²) in [6, 6.07) is 4.07. The number of ketones is 1. The molecule has 0 aromatic carbocycles. The molecule has 6 heteroatoms. The zero-order chi connectivity index (χ0) is 14.7. The molecule has 20 heavy (non-hydrogen) atoms. The number of rotatable bonds is 6. The second-order valence-electron chi connectivity index (χ2n) is 4.66. The van der Waals surface area contributed by atoms with Crippen molar-refractivity contribution in [3.63, 3.8) is 0 Å². The lowest BCUT2D eigenvalue weighted by molar-refractivity contribution is 0.0944. The maximum atomic E-state index is 12.1. The number of hydrogen-bond acceptors (Lipinski definition) is 6. The number of Topliss-reactive ketones (excluding diaryl/α,β-unsaturated/α-hetero) is 1. The van der Waals surface area contributed by atoms with Gasteiger partial charge in [0.2, 0.25) is 0 Å². The Morgan fingerprint density at radius 3 is 2.80 bits per heavy atom. The molecular formula is C14H18N2O2S2. The number of carbonyl (C=O) groups excluding carboxylic acids is 1. The van der Waals surface area contributed by atoms with Gasteiger partial charge in [-0.1, -0.05) is 19.9 Å². The molecule has 0 unspecified atom stereocenters. The van der Waals surface area contributed by atoms with Crippen LogP contribution in [0.1, 0.15) is 28.4 Å². The van der Waals surface area contributed by atoms with E-state index in [0.717, 1.165) is 5.00 Å². The normalized spacial score (nSPS) is 10.8. The van der Waals surface area contributed by atoms with Crippen LogP contribution in [0, 0.1) is 5.92 Å². The quantitative estimate of drug-likeness (QED) is 0.795. The number of nitrogens with two attached hydrogens (primary N) is 1. The zero-order valence-electron chi connectivity index (χ0n) is 11.7. The number of nitrogens with one attached hydrogen (secondary N) is 1. The number of hydrogen-bond donors (Lipinski definition) is 2. The molecule has 2 rings (SSSR count). The van der Waals surface area contributed by atoms with Crippen molar-refractivity contribution in [2.24, 2.45) is 5.92 Å². The Morgan fingerprint density at radius 1 is 1.50 bits per heavy atom. The molecule has 2 aromatic rings. The zero-order valence-corrected chi connectivity index (χ0v) is 13.4. The van der Waals surface area contributed by atoms with E-state index in [0.29, 0.717) is 22.9 Å². The second kappa shape index (κ2) is 6.28. The lowest BCUT2D eigenvalue weighted by atomic mass is 10.1. The van der Waals surface area contributed by atoms with Crippen molar-refractivity contribution in [3.8, 4) is 5.75 Å². The Hall–Kier alpha value is -1.53. The van der Waals surface area contributed by atoms with Crippen molar-refractivity contribution < 1.29 is 9.53 Å². The van der Waals surface area contributed by atoms with Crippen LogP contribution in [0.2, 0.25) is 0 Å². The van der Waals surface area contributed by atoms with Crippen LogP contribution in [-0.2, 0) is 6.54 Å². The van der Waals surface area contributed by atoms with Crippen molar-refractivity contribution in [1.82, 2.24) is 0 Å². The summed E-state index contributed by atoms with van der Waals surface area (Å²) in [5, 5.41) is 6.13. The first-order chi connectivity index (χ1) is 9.54. The molecule has 0 radical (unpaired) electrons. The van der Waals surface area contributed by atoms with Gasteiger partial charge < -0.3 is 15.8 Å². The third-order valence-corrected chi connectivity index (χ3v) is 4.89. The molecule has 2 aromatic heterocycles. The number of ether oxygens (including phenoxy) is 1. The van der Waals surface area contributed by atoms with Crippen LogP contribution < -0.4 is 15.8 Å². The summed E-state index contributed by atoms with van der Waals surface area (Å²) >= 11 is 3.04. The Labute approximate surface area is 126 Å². The highest BCUT2D eigenvalue weighted by Crippen LogP contribution is 2.43. The summed E-state index contributed by atoms with van der Waals surface area (Å²) in [6.45, 7) is 4.43. The van der Waals surface area contributed by atoms with E-state index in [2.05, 4.69) is 11.4 Å². The van der Waals surface area contributed by atoms with Gasteiger partial charge in [0.05, 0.1) is 24.2 Å².